The van der Waals surface area contributed by atoms with Gasteiger partial charge in [0, 0.05) is 5.03 Å². The smallest absolute Gasteiger partial charge is 0.335 e. The van der Waals surface area contributed by atoms with Gasteiger partial charge in [-0.1, -0.05) is 11.6 Å². The Morgan fingerprint density at radius 3 is 2.35 bits per heavy atom. The van der Waals surface area contributed by atoms with E-state index in [0.29, 0.717) is 18.4 Å². The van der Waals surface area contributed by atoms with Gasteiger partial charge in [-0.3, -0.25) is 0 Å². The molecule has 4 rings (SSSR count). The van der Waals surface area contributed by atoms with Gasteiger partial charge in [0.05, 0.1) is 12.2 Å². The molecule has 4 aliphatic rings. The van der Waals surface area contributed by atoms with Crippen molar-refractivity contribution >= 4 is 17.6 Å². The lowest BCUT2D eigenvalue weighted by Gasteiger charge is -2.38. The first-order valence-electron chi connectivity index (χ1n) is 6.75. The number of rotatable bonds is 2. The van der Waals surface area contributed by atoms with Gasteiger partial charge in [0.15, 0.2) is 0 Å². The van der Waals surface area contributed by atoms with Crippen LogP contribution >= 0.6 is 11.6 Å². The minimum absolute atomic E-state index is 0.157. The molecule has 0 saturated heterocycles. The number of hydrogen-bond acceptors (Lipinski definition) is 2. The Balaban J connectivity index is 1.95. The van der Waals surface area contributed by atoms with Gasteiger partial charge in [-0.15, -0.1) is 0 Å². The molecule has 2 nitrogen and oxygen atoms in total. The van der Waals surface area contributed by atoms with Crippen LogP contribution in [0.5, 0.6) is 0 Å². The van der Waals surface area contributed by atoms with Gasteiger partial charge in [-0.25, -0.2) is 4.79 Å². The van der Waals surface area contributed by atoms with Crippen molar-refractivity contribution in [2.45, 2.75) is 39.0 Å². The third-order valence-electron chi connectivity index (χ3n) is 4.66. The lowest BCUT2D eigenvalue weighted by Crippen LogP contribution is -2.29. The van der Waals surface area contributed by atoms with Crippen LogP contribution in [-0.2, 0) is 9.53 Å². The Bertz CT molecular complexity index is 360. The Morgan fingerprint density at radius 1 is 1.18 bits per heavy atom. The topological polar surface area (TPSA) is 26.3 Å². The average molecular weight is 255 g/mol. The van der Waals surface area contributed by atoms with E-state index in [4.69, 9.17) is 16.3 Å². The number of ether oxygens (including phenoxy) is 1. The molecule has 0 heterocycles. The zero-order valence-corrected chi connectivity index (χ0v) is 11.0. The lowest BCUT2D eigenvalue weighted by atomic mass is 9.67. The molecule has 4 aliphatic carbocycles. The highest BCUT2D eigenvalue weighted by Gasteiger charge is 2.45. The fourth-order valence-corrected chi connectivity index (χ4v) is 4.59. The third kappa shape index (κ3) is 1.91. The SMILES string of the molecule is CCOC(=O)C1=C(Cl)C2CC3CC(C2)CC1C3. The summed E-state index contributed by atoms with van der Waals surface area (Å²) >= 11 is 6.48. The van der Waals surface area contributed by atoms with Crippen LogP contribution in [0.1, 0.15) is 39.0 Å². The van der Waals surface area contributed by atoms with E-state index in [9.17, 15) is 4.79 Å². The van der Waals surface area contributed by atoms with E-state index in [0.717, 1.165) is 35.3 Å². The van der Waals surface area contributed by atoms with Gasteiger partial charge >= 0.3 is 5.97 Å². The molecule has 0 aliphatic heterocycles. The van der Waals surface area contributed by atoms with Gasteiger partial charge < -0.3 is 4.74 Å². The normalized spacial score (nSPS) is 39.4. The molecular weight excluding hydrogens is 236 g/mol. The van der Waals surface area contributed by atoms with E-state index in [1.165, 1.54) is 19.3 Å². The molecule has 0 aromatic carbocycles. The predicted molar refractivity (Wildman–Crippen MR) is 66.6 cm³/mol. The Morgan fingerprint density at radius 2 is 1.76 bits per heavy atom. The molecule has 94 valence electrons. The van der Waals surface area contributed by atoms with Gasteiger partial charge in [0.2, 0.25) is 0 Å². The van der Waals surface area contributed by atoms with E-state index in [2.05, 4.69) is 0 Å². The van der Waals surface area contributed by atoms with Crippen LogP contribution in [0.2, 0.25) is 0 Å². The van der Waals surface area contributed by atoms with Crippen molar-refractivity contribution in [1.82, 2.24) is 0 Å². The van der Waals surface area contributed by atoms with Crippen molar-refractivity contribution in [3.8, 4) is 0 Å². The summed E-state index contributed by atoms with van der Waals surface area (Å²) in [7, 11) is 0. The maximum atomic E-state index is 12.1. The van der Waals surface area contributed by atoms with E-state index in [1.807, 2.05) is 6.92 Å². The number of allylic oxidation sites excluding steroid dienone is 1. The molecule has 3 heteroatoms. The monoisotopic (exact) mass is 254 g/mol. The molecule has 0 aromatic rings. The van der Waals surface area contributed by atoms with Crippen molar-refractivity contribution in [3.63, 3.8) is 0 Å². The highest BCUT2D eigenvalue weighted by atomic mass is 35.5. The quantitative estimate of drug-likeness (QED) is 0.705. The van der Waals surface area contributed by atoms with Crippen molar-refractivity contribution in [2.75, 3.05) is 6.61 Å². The van der Waals surface area contributed by atoms with Gasteiger partial charge in [-0.05, 0) is 62.7 Å². The molecule has 0 amide bonds. The van der Waals surface area contributed by atoms with Gasteiger partial charge in [0.1, 0.15) is 0 Å². The van der Waals surface area contributed by atoms with Gasteiger partial charge in [-0.2, -0.15) is 0 Å². The largest absolute Gasteiger partial charge is 0.463 e. The van der Waals surface area contributed by atoms with E-state index in [1.54, 1.807) is 0 Å². The predicted octanol–water partition coefficient (Wildman–Crippen LogP) is 3.50. The number of esters is 1. The fraction of sp³-hybridized carbons (Fsp3) is 0.786. The summed E-state index contributed by atoms with van der Waals surface area (Å²) < 4.78 is 5.18. The number of carbonyl (C=O) groups excluding carboxylic acids is 1. The van der Waals surface area contributed by atoms with Crippen molar-refractivity contribution in [3.05, 3.63) is 10.6 Å². The molecule has 17 heavy (non-hydrogen) atoms. The summed E-state index contributed by atoms with van der Waals surface area (Å²) in [5.41, 5.74) is 0.822. The van der Waals surface area contributed by atoms with Crippen LogP contribution in [0.15, 0.2) is 10.6 Å². The van der Waals surface area contributed by atoms with Gasteiger partial charge in [0.25, 0.3) is 0 Å². The van der Waals surface area contributed by atoms with Crippen molar-refractivity contribution in [2.24, 2.45) is 23.7 Å². The maximum Gasteiger partial charge on any atom is 0.335 e. The molecule has 0 aromatic heterocycles. The zero-order valence-electron chi connectivity index (χ0n) is 10.2. The molecule has 2 fully saturated rings. The molecule has 2 saturated carbocycles. The minimum Gasteiger partial charge on any atom is -0.463 e. The molecule has 0 spiro atoms. The molecule has 2 atom stereocenters. The minimum atomic E-state index is -0.157. The summed E-state index contributed by atoms with van der Waals surface area (Å²) in [6.07, 6.45) is 6.03. The second-order valence-corrected chi connectivity index (χ2v) is 6.19. The van der Waals surface area contributed by atoms with E-state index in [-0.39, 0.29) is 5.97 Å². The van der Waals surface area contributed by atoms with Crippen LogP contribution in [0.3, 0.4) is 0 Å². The lowest BCUT2D eigenvalue weighted by molar-refractivity contribution is -0.139. The first-order valence-corrected chi connectivity index (χ1v) is 7.13. The summed E-state index contributed by atoms with van der Waals surface area (Å²) in [4.78, 5) is 12.1. The van der Waals surface area contributed by atoms with Crippen molar-refractivity contribution < 1.29 is 9.53 Å². The number of halogens is 1. The van der Waals surface area contributed by atoms with Crippen LogP contribution in [0.25, 0.3) is 0 Å². The van der Waals surface area contributed by atoms with Crippen LogP contribution in [0, 0.1) is 23.7 Å². The highest BCUT2D eigenvalue weighted by Crippen LogP contribution is 2.54. The third-order valence-corrected chi connectivity index (χ3v) is 5.17. The van der Waals surface area contributed by atoms with E-state index >= 15 is 0 Å². The first kappa shape index (κ1) is 11.6. The number of hydrogen-bond donors (Lipinski definition) is 0. The zero-order chi connectivity index (χ0) is 12.0. The second-order valence-electron chi connectivity index (χ2n) is 5.79. The Labute approximate surface area is 107 Å². The average Bonchev–Trinajstić information content (AvgIpc) is 2.41. The first-order chi connectivity index (χ1) is 8.19. The van der Waals surface area contributed by atoms with Crippen LogP contribution in [0.4, 0.5) is 0 Å². The summed E-state index contributed by atoms with van der Waals surface area (Å²) in [6, 6.07) is 0. The molecule has 4 bridgehead atoms. The van der Waals surface area contributed by atoms with Crippen LogP contribution in [-0.4, -0.2) is 12.6 Å². The number of carbonyl (C=O) groups is 1. The molecule has 0 radical (unpaired) electrons. The van der Waals surface area contributed by atoms with E-state index < -0.39 is 0 Å². The van der Waals surface area contributed by atoms with Crippen LogP contribution < -0.4 is 0 Å². The Hall–Kier alpha value is -0.500. The Kier molecular flexibility index (Phi) is 2.94. The van der Waals surface area contributed by atoms with Crippen molar-refractivity contribution in [1.29, 1.82) is 0 Å². The fourth-order valence-electron chi connectivity index (χ4n) is 4.18. The molecular formula is C14H19ClO2. The maximum absolute atomic E-state index is 12.1. The summed E-state index contributed by atoms with van der Waals surface area (Å²) in [6.45, 7) is 2.30. The standard InChI is InChI=1S/C14H19ClO2/c1-2-17-14(16)12-10-4-8-3-9(5-10)7-11(6-8)13(12)15/h8-11H,2-7H2,1H3. The highest BCUT2D eigenvalue weighted by molar-refractivity contribution is 6.32. The molecule has 0 N–H and O–H groups in total. The second kappa shape index (κ2) is 4.31. The molecule has 2 unspecified atom stereocenters. The summed E-state index contributed by atoms with van der Waals surface area (Å²) in [5.74, 6) is 2.23. The summed E-state index contributed by atoms with van der Waals surface area (Å²) in [5, 5.41) is 0.832.